The Bertz CT molecular complexity index is 1300. The maximum atomic E-state index is 14.0. The van der Waals surface area contributed by atoms with Gasteiger partial charge in [0.05, 0.1) is 7.11 Å². The molecule has 41 heavy (non-hydrogen) atoms. The predicted molar refractivity (Wildman–Crippen MR) is 161 cm³/mol. The van der Waals surface area contributed by atoms with Crippen molar-refractivity contribution in [3.8, 4) is 5.75 Å². The van der Waals surface area contributed by atoms with E-state index in [0.717, 1.165) is 36.8 Å². The quantitative estimate of drug-likeness (QED) is 0.300. The van der Waals surface area contributed by atoms with E-state index in [1.165, 1.54) is 6.42 Å². The molecule has 4 rings (SSSR count). The van der Waals surface area contributed by atoms with Gasteiger partial charge >= 0.3 is 0 Å². The zero-order valence-electron chi connectivity index (χ0n) is 24.2. The standard InChI is InChI=1S/C33H40N4O4/c1-23-20-24(2)22-27(21-23)37(31(39)14-9-13-30(38)36-29-12-7-8-19-34-29)32(25-15-17-28(41-3)18-16-25)33(40)35-26-10-5-4-6-11-26/h7-8,12,15-22,26,32H,4-6,9-11,13-14H2,1-3H3,(H,35,40)(H,34,36,38)/t32-/m1/s1. The van der Waals surface area contributed by atoms with Crippen LogP contribution in [0.25, 0.3) is 0 Å². The molecule has 0 spiro atoms. The molecular formula is C33H40N4O4. The summed E-state index contributed by atoms with van der Waals surface area (Å²) < 4.78 is 5.35. The third-order valence-corrected chi connectivity index (χ3v) is 7.37. The summed E-state index contributed by atoms with van der Waals surface area (Å²) in [5.74, 6) is 0.502. The van der Waals surface area contributed by atoms with E-state index in [1.807, 2.05) is 56.3 Å². The van der Waals surface area contributed by atoms with Gasteiger partial charge in [0, 0.05) is 30.8 Å². The van der Waals surface area contributed by atoms with Gasteiger partial charge in [0.15, 0.2) is 0 Å². The summed E-state index contributed by atoms with van der Waals surface area (Å²) in [6.45, 7) is 3.96. The number of carbonyl (C=O) groups is 3. The minimum absolute atomic E-state index is 0.0866. The second-order valence-electron chi connectivity index (χ2n) is 10.7. The molecule has 1 aliphatic carbocycles. The normalized spacial score (nSPS) is 14.1. The van der Waals surface area contributed by atoms with Crippen LogP contribution in [0.5, 0.6) is 5.75 Å². The summed E-state index contributed by atoms with van der Waals surface area (Å²) in [6.07, 6.45) is 7.41. The first-order chi connectivity index (χ1) is 19.8. The van der Waals surface area contributed by atoms with Crippen LogP contribution in [0.1, 0.15) is 74.1 Å². The molecular weight excluding hydrogens is 516 g/mol. The van der Waals surface area contributed by atoms with Gasteiger partial charge in [-0.2, -0.15) is 0 Å². The van der Waals surface area contributed by atoms with E-state index in [4.69, 9.17) is 4.74 Å². The minimum atomic E-state index is -0.876. The molecule has 0 unspecified atom stereocenters. The zero-order chi connectivity index (χ0) is 29.2. The van der Waals surface area contributed by atoms with Crippen LogP contribution >= 0.6 is 0 Å². The average molecular weight is 557 g/mol. The van der Waals surface area contributed by atoms with Crippen LogP contribution < -0.4 is 20.3 Å². The molecule has 1 atom stereocenters. The van der Waals surface area contributed by atoms with Gasteiger partial charge in [0.25, 0.3) is 0 Å². The second kappa shape index (κ2) is 14.4. The number of nitrogens with one attached hydrogen (secondary N) is 2. The highest BCUT2D eigenvalue weighted by Gasteiger charge is 2.34. The number of ether oxygens (including phenoxy) is 1. The van der Waals surface area contributed by atoms with Crippen molar-refractivity contribution in [2.75, 3.05) is 17.3 Å². The number of aromatic nitrogens is 1. The number of aryl methyl sites for hydroxylation is 2. The summed E-state index contributed by atoms with van der Waals surface area (Å²) in [7, 11) is 1.59. The molecule has 0 bridgehead atoms. The molecule has 2 aromatic carbocycles. The van der Waals surface area contributed by atoms with Crippen LogP contribution in [0, 0.1) is 13.8 Å². The zero-order valence-corrected chi connectivity index (χ0v) is 24.2. The number of benzene rings is 2. The number of pyridine rings is 1. The Kier molecular flexibility index (Phi) is 10.5. The molecule has 1 saturated carbocycles. The van der Waals surface area contributed by atoms with E-state index < -0.39 is 6.04 Å². The van der Waals surface area contributed by atoms with Crippen molar-refractivity contribution in [2.24, 2.45) is 0 Å². The van der Waals surface area contributed by atoms with Gasteiger partial charge in [-0.3, -0.25) is 19.3 Å². The maximum absolute atomic E-state index is 14.0. The van der Waals surface area contributed by atoms with Crippen molar-refractivity contribution >= 4 is 29.2 Å². The predicted octanol–water partition coefficient (Wildman–Crippen LogP) is 6.04. The fourth-order valence-electron chi connectivity index (χ4n) is 5.42. The number of carbonyl (C=O) groups excluding carboxylic acids is 3. The van der Waals surface area contributed by atoms with E-state index in [1.54, 1.807) is 36.4 Å². The molecule has 1 heterocycles. The number of rotatable bonds is 11. The van der Waals surface area contributed by atoms with Crippen LogP contribution in [-0.2, 0) is 14.4 Å². The van der Waals surface area contributed by atoms with Crippen molar-refractivity contribution in [3.63, 3.8) is 0 Å². The van der Waals surface area contributed by atoms with Crippen molar-refractivity contribution in [3.05, 3.63) is 83.6 Å². The van der Waals surface area contributed by atoms with E-state index in [9.17, 15) is 14.4 Å². The molecule has 8 nitrogen and oxygen atoms in total. The van der Waals surface area contributed by atoms with Gasteiger partial charge in [-0.05, 0) is 86.2 Å². The molecule has 3 amide bonds. The Labute approximate surface area is 242 Å². The molecule has 8 heteroatoms. The third-order valence-electron chi connectivity index (χ3n) is 7.37. The Morgan fingerprint density at radius 1 is 0.951 bits per heavy atom. The molecule has 3 aromatic rings. The lowest BCUT2D eigenvalue weighted by molar-refractivity contribution is -0.127. The van der Waals surface area contributed by atoms with Gasteiger partial charge in [-0.25, -0.2) is 4.98 Å². The highest BCUT2D eigenvalue weighted by atomic mass is 16.5. The second-order valence-corrected chi connectivity index (χ2v) is 10.7. The largest absolute Gasteiger partial charge is 0.497 e. The number of nitrogens with zero attached hydrogens (tertiary/aromatic N) is 2. The molecule has 0 radical (unpaired) electrons. The lowest BCUT2D eigenvalue weighted by atomic mass is 9.94. The summed E-state index contributed by atoms with van der Waals surface area (Å²) in [4.78, 5) is 46.3. The highest BCUT2D eigenvalue weighted by molar-refractivity contribution is 6.01. The highest BCUT2D eigenvalue weighted by Crippen LogP contribution is 2.32. The number of amides is 3. The number of methoxy groups -OCH3 is 1. The Morgan fingerprint density at radius 2 is 1.66 bits per heavy atom. The number of anilines is 2. The smallest absolute Gasteiger partial charge is 0.248 e. The number of hydrogen-bond donors (Lipinski definition) is 2. The molecule has 2 N–H and O–H groups in total. The van der Waals surface area contributed by atoms with Crippen LogP contribution in [0.3, 0.4) is 0 Å². The fraction of sp³-hybridized carbons (Fsp3) is 0.394. The van der Waals surface area contributed by atoms with Gasteiger partial charge in [0.1, 0.15) is 17.6 Å². The third kappa shape index (κ3) is 8.39. The minimum Gasteiger partial charge on any atom is -0.497 e. The van der Waals surface area contributed by atoms with Crippen LogP contribution in [0.2, 0.25) is 0 Å². The first kappa shape index (κ1) is 29.8. The fourth-order valence-corrected chi connectivity index (χ4v) is 5.42. The van der Waals surface area contributed by atoms with E-state index in [2.05, 4.69) is 15.6 Å². The van der Waals surface area contributed by atoms with Gasteiger partial charge in [-0.1, -0.05) is 43.5 Å². The Morgan fingerprint density at radius 3 is 2.29 bits per heavy atom. The van der Waals surface area contributed by atoms with Crippen molar-refractivity contribution < 1.29 is 19.1 Å². The Hall–Kier alpha value is -4.20. The Balaban J connectivity index is 1.61. The van der Waals surface area contributed by atoms with E-state index in [0.29, 0.717) is 29.2 Å². The van der Waals surface area contributed by atoms with Crippen molar-refractivity contribution in [1.82, 2.24) is 10.3 Å². The lowest BCUT2D eigenvalue weighted by Crippen LogP contribution is -2.47. The average Bonchev–Trinajstić information content (AvgIpc) is 2.96. The van der Waals surface area contributed by atoms with Gasteiger partial charge in [-0.15, -0.1) is 0 Å². The first-order valence-electron chi connectivity index (χ1n) is 14.4. The van der Waals surface area contributed by atoms with E-state index in [-0.39, 0.29) is 36.6 Å². The van der Waals surface area contributed by atoms with E-state index >= 15 is 0 Å². The molecule has 0 aliphatic heterocycles. The first-order valence-corrected chi connectivity index (χ1v) is 14.4. The molecule has 1 fully saturated rings. The van der Waals surface area contributed by atoms with Crippen molar-refractivity contribution in [1.29, 1.82) is 0 Å². The summed E-state index contributed by atoms with van der Waals surface area (Å²) >= 11 is 0. The summed E-state index contributed by atoms with van der Waals surface area (Å²) in [6, 6.07) is 17.7. The van der Waals surface area contributed by atoms with Crippen LogP contribution in [0.4, 0.5) is 11.5 Å². The van der Waals surface area contributed by atoms with Gasteiger partial charge < -0.3 is 15.4 Å². The van der Waals surface area contributed by atoms with Crippen LogP contribution in [-0.4, -0.2) is 35.9 Å². The number of hydrogen-bond acceptors (Lipinski definition) is 5. The molecule has 0 saturated heterocycles. The van der Waals surface area contributed by atoms with Crippen LogP contribution in [0.15, 0.2) is 66.9 Å². The summed E-state index contributed by atoms with van der Waals surface area (Å²) in [5, 5.41) is 6.01. The summed E-state index contributed by atoms with van der Waals surface area (Å²) in [5.41, 5.74) is 3.34. The molecule has 216 valence electrons. The molecule has 1 aromatic heterocycles. The lowest BCUT2D eigenvalue weighted by Gasteiger charge is -2.34. The topological polar surface area (TPSA) is 101 Å². The van der Waals surface area contributed by atoms with Gasteiger partial charge in [0.2, 0.25) is 17.7 Å². The SMILES string of the molecule is COc1ccc([C@H](C(=O)NC2CCCCC2)N(C(=O)CCCC(=O)Nc2ccccn2)c2cc(C)cc(C)c2)cc1. The maximum Gasteiger partial charge on any atom is 0.248 e. The monoisotopic (exact) mass is 556 g/mol. The van der Waals surface area contributed by atoms with Crippen molar-refractivity contribution in [2.45, 2.75) is 77.3 Å². The molecule has 1 aliphatic rings.